The number of carbonyl (C=O) groups is 2. The van der Waals surface area contributed by atoms with Crippen molar-refractivity contribution < 1.29 is 14.5 Å². The van der Waals surface area contributed by atoms with Crippen LogP contribution in [0.4, 0.5) is 4.79 Å². The van der Waals surface area contributed by atoms with Crippen molar-refractivity contribution in [2.24, 2.45) is 11.8 Å². The molecule has 4 rings (SSSR count). The molecule has 24 heavy (non-hydrogen) atoms. The Labute approximate surface area is 145 Å². The van der Waals surface area contributed by atoms with Crippen LogP contribution in [-0.4, -0.2) is 41.6 Å². The summed E-state index contributed by atoms with van der Waals surface area (Å²) in [7, 11) is 0. The summed E-state index contributed by atoms with van der Waals surface area (Å²) in [5.74, 6) is 1.54. The number of quaternary nitrogens is 1. The van der Waals surface area contributed by atoms with Crippen molar-refractivity contribution in [1.29, 1.82) is 0 Å². The zero-order chi connectivity index (χ0) is 16.7. The number of nitrogens with zero attached hydrogens (tertiary/aromatic N) is 1. The van der Waals surface area contributed by atoms with Gasteiger partial charge >= 0.3 is 6.03 Å². The Balaban J connectivity index is 1.46. The number of nitrogens with one attached hydrogen (secondary N) is 2. The van der Waals surface area contributed by atoms with E-state index in [0.717, 1.165) is 38.1 Å². The van der Waals surface area contributed by atoms with Crippen LogP contribution in [-0.2, 0) is 4.79 Å². The average molecular weight is 334 g/mol. The van der Waals surface area contributed by atoms with Crippen LogP contribution in [0.2, 0.25) is 0 Å². The van der Waals surface area contributed by atoms with Gasteiger partial charge in [0.1, 0.15) is 5.54 Å². The van der Waals surface area contributed by atoms with E-state index in [9.17, 15) is 9.59 Å². The average Bonchev–Trinajstić information content (AvgIpc) is 2.82. The molecule has 0 radical (unpaired) electrons. The van der Waals surface area contributed by atoms with Gasteiger partial charge < -0.3 is 10.2 Å². The van der Waals surface area contributed by atoms with E-state index >= 15 is 0 Å². The van der Waals surface area contributed by atoms with Crippen LogP contribution >= 0.6 is 0 Å². The molecule has 3 atom stereocenters. The standard InChI is InChI=1S/C19H31N3O2/c1-14-8-10-19(11-9-14)17(23)22(18(24)20-19)13-21-12-4-6-15-5-2-3-7-16(15)21/h14-16H,2-13H2,1H3,(H,20,24)/p+1/t14?,15-,16-,19?/m0/s1. The maximum Gasteiger partial charge on any atom is 0.329 e. The monoisotopic (exact) mass is 334 g/mol. The van der Waals surface area contributed by atoms with E-state index in [2.05, 4.69) is 12.2 Å². The number of likely N-dealkylation sites (tertiary alicyclic amines) is 1. The highest BCUT2D eigenvalue weighted by Gasteiger charge is 2.53. The van der Waals surface area contributed by atoms with E-state index in [1.807, 2.05) is 0 Å². The van der Waals surface area contributed by atoms with Crippen molar-refractivity contribution in [3.05, 3.63) is 0 Å². The molecule has 0 aromatic rings. The summed E-state index contributed by atoms with van der Waals surface area (Å²) in [6.07, 6.45) is 11.6. The molecule has 2 aliphatic heterocycles. The fraction of sp³-hybridized carbons (Fsp3) is 0.895. The molecule has 5 nitrogen and oxygen atoms in total. The van der Waals surface area contributed by atoms with Crippen LogP contribution in [0.3, 0.4) is 0 Å². The fourth-order valence-corrected chi connectivity index (χ4v) is 5.68. The second-order valence-electron chi connectivity index (χ2n) is 8.79. The number of urea groups is 1. The molecule has 2 aliphatic carbocycles. The van der Waals surface area contributed by atoms with Gasteiger partial charge in [-0.15, -0.1) is 0 Å². The smallest absolute Gasteiger partial charge is 0.323 e. The number of fused-ring (bicyclic) bond motifs is 1. The lowest BCUT2D eigenvalue weighted by Crippen LogP contribution is -3.19. The molecule has 0 aromatic carbocycles. The van der Waals surface area contributed by atoms with Gasteiger partial charge in [-0.2, -0.15) is 0 Å². The van der Waals surface area contributed by atoms with E-state index < -0.39 is 5.54 Å². The third-order valence-electron chi connectivity index (χ3n) is 7.24. The first-order valence-corrected chi connectivity index (χ1v) is 10.1. The van der Waals surface area contributed by atoms with Gasteiger partial charge in [0.25, 0.3) is 5.91 Å². The van der Waals surface area contributed by atoms with E-state index in [1.165, 1.54) is 43.4 Å². The van der Waals surface area contributed by atoms with E-state index in [1.54, 1.807) is 4.90 Å². The van der Waals surface area contributed by atoms with Gasteiger partial charge in [-0.1, -0.05) is 13.3 Å². The maximum absolute atomic E-state index is 13.1. The van der Waals surface area contributed by atoms with E-state index in [0.29, 0.717) is 18.6 Å². The van der Waals surface area contributed by atoms with Gasteiger partial charge in [0.2, 0.25) is 0 Å². The number of rotatable bonds is 2. The van der Waals surface area contributed by atoms with Crippen LogP contribution < -0.4 is 10.2 Å². The van der Waals surface area contributed by atoms with Crippen molar-refractivity contribution >= 4 is 11.9 Å². The van der Waals surface area contributed by atoms with E-state index in [-0.39, 0.29) is 11.9 Å². The Morgan fingerprint density at radius 2 is 1.79 bits per heavy atom. The maximum atomic E-state index is 13.1. The molecule has 2 saturated heterocycles. The number of imide groups is 1. The van der Waals surface area contributed by atoms with Crippen molar-refractivity contribution in [1.82, 2.24) is 10.2 Å². The second kappa shape index (κ2) is 6.32. The van der Waals surface area contributed by atoms with Gasteiger partial charge in [0.15, 0.2) is 6.67 Å². The molecule has 0 bridgehead atoms. The van der Waals surface area contributed by atoms with Gasteiger partial charge in [-0.05, 0) is 63.7 Å². The third-order valence-corrected chi connectivity index (χ3v) is 7.24. The molecule has 1 spiro atoms. The highest BCUT2D eigenvalue weighted by molar-refractivity contribution is 6.06. The van der Waals surface area contributed by atoms with Crippen LogP contribution in [0, 0.1) is 11.8 Å². The molecule has 3 amide bonds. The Morgan fingerprint density at radius 1 is 1.08 bits per heavy atom. The summed E-state index contributed by atoms with van der Waals surface area (Å²) in [5, 5.41) is 3.08. The summed E-state index contributed by atoms with van der Waals surface area (Å²) in [6, 6.07) is 0.524. The van der Waals surface area contributed by atoms with Crippen LogP contribution in [0.5, 0.6) is 0 Å². The first-order chi connectivity index (χ1) is 11.6. The van der Waals surface area contributed by atoms with Crippen molar-refractivity contribution in [3.63, 3.8) is 0 Å². The fourth-order valence-electron chi connectivity index (χ4n) is 5.68. The Hall–Kier alpha value is -1.10. The molecule has 4 aliphatic rings. The molecule has 4 fully saturated rings. The zero-order valence-electron chi connectivity index (χ0n) is 15.0. The molecule has 1 unspecified atom stereocenters. The molecule has 2 N–H and O–H groups in total. The zero-order valence-corrected chi connectivity index (χ0v) is 15.0. The highest BCUT2D eigenvalue weighted by Crippen LogP contribution is 2.36. The minimum Gasteiger partial charge on any atom is -0.323 e. The van der Waals surface area contributed by atoms with Crippen LogP contribution in [0.1, 0.15) is 71.1 Å². The molecular weight excluding hydrogens is 302 g/mol. The predicted octanol–water partition coefficient (Wildman–Crippen LogP) is 1.68. The molecule has 5 heteroatoms. The quantitative estimate of drug-likeness (QED) is 0.755. The van der Waals surface area contributed by atoms with Crippen molar-refractivity contribution in [2.75, 3.05) is 13.2 Å². The van der Waals surface area contributed by atoms with E-state index in [4.69, 9.17) is 0 Å². The van der Waals surface area contributed by atoms with Crippen LogP contribution in [0.25, 0.3) is 0 Å². The lowest BCUT2D eigenvalue weighted by atomic mass is 9.77. The highest BCUT2D eigenvalue weighted by atomic mass is 16.2. The minimum absolute atomic E-state index is 0.0600. The molecule has 2 heterocycles. The Bertz CT molecular complexity index is 511. The first-order valence-electron chi connectivity index (χ1n) is 10.1. The summed E-state index contributed by atoms with van der Waals surface area (Å²) in [5.41, 5.74) is -0.579. The normalized spacial score (nSPS) is 43.0. The molecule has 2 saturated carbocycles. The largest absolute Gasteiger partial charge is 0.329 e. The van der Waals surface area contributed by atoms with Crippen molar-refractivity contribution in [3.8, 4) is 0 Å². The van der Waals surface area contributed by atoms with Gasteiger partial charge in [0.05, 0.1) is 12.6 Å². The molecule has 0 aromatic heterocycles. The van der Waals surface area contributed by atoms with Crippen molar-refractivity contribution in [2.45, 2.75) is 82.7 Å². The SMILES string of the molecule is CC1CCC2(CC1)NC(=O)N(C[NH+]1CCC[C@@H]3CCCC[C@@H]31)C2=O. The number of piperidine rings is 1. The third kappa shape index (κ3) is 2.75. The number of hydrogen-bond donors (Lipinski definition) is 2. The lowest BCUT2D eigenvalue weighted by Gasteiger charge is -2.42. The van der Waals surface area contributed by atoms with Crippen LogP contribution in [0.15, 0.2) is 0 Å². The number of hydrogen-bond acceptors (Lipinski definition) is 2. The van der Waals surface area contributed by atoms with Gasteiger partial charge in [0, 0.05) is 5.92 Å². The predicted molar refractivity (Wildman–Crippen MR) is 91.4 cm³/mol. The van der Waals surface area contributed by atoms with Gasteiger partial charge in [-0.3, -0.25) is 4.79 Å². The number of carbonyl (C=O) groups excluding carboxylic acids is 2. The summed E-state index contributed by atoms with van der Waals surface area (Å²) in [4.78, 5) is 28.7. The molecule has 134 valence electrons. The minimum atomic E-state index is -0.579. The Kier molecular flexibility index (Phi) is 4.31. The summed E-state index contributed by atoms with van der Waals surface area (Å²) < 4.78 is 0. The van der Waals surface area contributed by atoms with Gasteiger partial charge in [-0.25, -0.2) is 9.69 Å². The first kappa shape index (κ1) is 16.4. The second-order valence-corrected chi connectivity index (χ2v) is 8.79. The topological polar surface area (TPSA) is 53.9 Å². The lowest BCUT2D eigenvalue weighted by molar-refractivity contribution is -0.942. The molecular formula is C19H32N3O2+. The number of amides is 3. The summed E-state index contributed by atoms with van der Waals surface area (Å²) in [6.45, 7) is 3.94. The summed E-state index contributed by atoms with van der Waals surface area (Å²) >= 11 is 0. The Morgan fingerprint density at radius 3 is 2.58 bits per heavy atom.